The Morgan fingerprint density at radius 2 is 1.00 bits per heavy atom. The highest BCUT2D eigenvalue weighted by Crippen LogP contribution is 2.71. The third-order valence-electron chi connectivity index (χ3n) is 4.97. The quantitative estimate of drug-likeness (QED) is 0.478. The minimum atomic E-state index is 1.13. The van der Waals surface area contributed by atoms with Gasteiger partial charge in [0.15, 0.2) is 0 Å². The van der Waals surface area contributed by atoms with E-state index in [4.69, 9.17) is 0 Å². The molecule has 3 fully saturated rings. The summed E-state index contributed by atoms with van der Waals surface area (Å²) in [5, 5.41) is 0. The molecule has 0 bridgehead atoms. The summed E-state index contributed by atoms with van der Waals surface area (Å²) >= 11 is 0. The van der Waals surface area contributed by atoms with Gasteiger partial charge in [0.05, 0.1) is 0 Å². The zero-order valence-electron chi connectivity index (χ0n) is 7.45. The lowest BCUT2D eigenvalue weighted by Crippen LogP contribution is -2.25. The van der Waals surface area contributed by atoms with Gasteiger partial charge in [-0.15, -0.1) is 0 Å². The van der Waals surface area contributed by atoms with Crippen LogP contribution in [0, 0.1) is 35.5 Å². The summed E-state index contributed by atoms with van der Waals surface area (Å²) in [5.74, 6) is 7.05. The van der Waals surface area contributed by atoms with Crippen molar-refractivity contribution in [1.82, 2.24) is 0 Å². The van der Waals surface area contributed by atoms with Crippen molar-refractivity contribution < 1.29 is 0 Å². The van der Waals surface area contributed by atoms with Gasteiger partial charge in [0.25, 0.3) is 0 Å². The van der Waals surface area contributed by atoms with Crippen LogP contribution in [0.1, 0.15) is 25.7 Å². The standard InChI is InChI=1S/C12H16/c1-2-4-8-7(3-1)9-5-11(9)12-6-10(8)12/h1-2,7-12H,3-6H2. The van der Waals surface area contributed by atoms with Gasteiger partial charge in [-0.1, -0.05) is 12.2 Å². The Kier molecular flexibility index (Phi) is 0.939. The fraction of sp³-hybridized carbons (Fsp3) is 0.833. The van der Waals surface area contributed by atoms with Crippen molar-refractivity contribution >= 4 is 0 Å². The van der Waals surface area contributed by atoms with Crippen LogP contribution in [0.15, 0.2) is 12.2 Å². The fourth-order valence-electron chi connectivity index (χ4n) is 4.28. The molecule has 0 unspecified atom stereocenters. The molecule has 0 heterocycles. The largest absolute Gasteiger partial charge is 0.0882 e. The summed E-state index contributed by atoms with van der Waals surface area (Å²) in [6.45, 7) is 0. The maximum absolute atomic E-state index is 2.44. The summed E-state index contributed by atoms with van der Waals surface area (Å²) in [5.41, 5.74) is 0. The maximum atomic E-state index is 2.44. The molecule has 0 atom stereocenters. The molecule has 3 saturated carbocycles. The van der Waals surface area contributed by atoms with E-state index in [9.17, 15) is 0 Å². The lowest BCUT2D eigenvalue weighted by atomic mass is 9.73. The van der Waals surface area contributed by atoms with Gasteiger partial charge in [0, 0.05) is 0 Å². The second-order valence-electron chi connectivity index (χ2n) is 5.40. The van der Waals surface area contributed by atoms with Crippen molar-refractivity contribution in [3.8, 4) is 0 Å². The summed E-state index contributed by atoms with van der Waals surface area (Å²) in [6.07, 6.45) is 11.0. The average Bonchev–Trinajstić information content (AvgIpc) is 2.98. The second-order valence-corrected chi connectivity index (χ2v) is 5.40. The van der Waals surface area contributed by atoms with Crippen LogP contribution in [-0.4, -0.2) is 0 Å². The number of hydrogen-bond acceptors (Lipinski definition) is 0. The van der Waals surface area contributed by atoms with E-state index in [0.717, 1.165) is 11.8 Å². The predicted octanol–water partition coefficient (Wildman–Crippen LogP) is 2.85. The highest BCUT2D eigenvalue weighted by atomic mass is 14.7. The lowest BCUT2D eigenvalue weighted by molar-refractivity contribution is 0.200. The van der Waals surface area contributed by atoms with Gasteiger partial charge in [0.2, 0.25) is 0 Å². The number of hydrogen-bond donors (Lipinski definition) is 0. The molecule has 0 saturated heterocycles. The van der Waals surface area contributed by atoms with Crippen molar-refractivity contribution in [1.29, 1.82) is 0 Å². The van der Waals surface area contributed by atoms with Crippen LogP contribution in [0.25, 0.3) is 0 Å². The molecule has 64 valence electrons. The first-order chi connectivity index (χ1) is 5.95. The fourth-order valence-corrected chi connectivity index (χ4v) is 4.28. The van der Waals surface area contributed by atoms with Crippen LogP contribution in [0.3, 0.4) is 0 Å². The molecule has 0 aromatic carbocycles. The molecule has 0 aliphatic heterocycles. The van der Waals surface area contributed by atoms with Crippen molar-refractivity contribution in [2.24, 2.45) is 35.5 Å². The Bertz CT molecular complexity index is 227. The molecule has 0 heteroatoms. The first kappa shape index (κ1) is 6.23. The minimum Gasteiger partial charge on any atom is -0.0882 e. The third kappa shape index (κ3) is 0.616. The van der Waals surface area contributed by atoms with Gasteiger partial charge < -0.3 is 0 Å². The Morgan fingerprint density at radius 1 is 0.583 bits per heavy atom. The first-order valence-corrected chi connectivity index (χ1v) is 5.60. The highest BCUT2D eigenvalue weighted by Gasteiger charge is 2.64. The van der Waals surface area contributed by atoms with Crippen molar-refractivity contribution in [2.45, 2.75) is 25.7 Å². The molecule has 0 aromatic heterocycles. The Balaban J connectivity index is 1.72. The second kappa shape index (κ2) is 1.81. The molecule has 0 N–H and O–H groups in total. The molecule has 12 heavy (non-hydrogen) atoms. The van der Waals surface area contributed by atoms with Crippen molar-refractivity contribution in [2.75, 3.05) is 0 Å². The molecule has 0 radical (unpaired) electrons. The summed E-state index contributed by atoms with van der Waals surface area (Å²) in [4.78, 5) is 0. The van der Waals surface area contributed by atoms with Crippen LogP contribution in [0.5, 0.6) is 0 Å². The normalized spacial score (nSPS) is 64.7. The summed E-state index contributed by atoms with van der Waals surface area (Å²) in [7, 11) is 0. The van der Waals surface area contributed by atoms with Crippen LogP contribution >= 0.6 is 0 Å². The molecule has 0 amide bonds. The van der Waals surface area contributed by atoms with Gasteiger partial charge in [-0.3, -0.25) is 0 Å². The molecule has 0 aromatic rings. The van der Waals surface area contributed by atoms with Gasteiger partial charge in [-0.05, 0) is 61.2 Å². The van der Waals surface area contributed by atoms with Crippen LogP contribution in [-0.2, 0) is 0 Å². The Morgan fingerprint density at radius 3 is 1.50 bits per heavy atom. The van der Waals surface area contributed by atoms with Crippen LogP contribution < -0.4 is 0 Å². The van der Waals surface area contributed by atoms with Gasteiger partial charge in [0.1, 0.15) is 0 Å². The van der Waals surface area contributed by atoms with E-state index in [-0.39, 0.29) is 0 Å². The highest BCUT2D eigenvalue weighted by molar-refractivity contribution is 5.16. The van der Waals surface area contributed by atoms with E-state index in [1.165, 1.54) is 36.5 Å². The van der Waals surface area contributed by atoms with Crippen molar-refractivity contribution in [3.05, 3.63) is 12.2 Å². The lowest BCUT2D eigenvalue weighted by Gasteiger charge is -2.32. The molecule has 4 aliphatic rings. The monoisotopic (exact) mass is 160 g/mol. The number of fused-ring (bicyclic) bond motifs is 6. The van der Waals surface area contributed by atoms with E-state index in [1.807, 2.05) is 0 Å². The van der Waals surface area contributed by atoms with Crippen molar-refractivity contribution in [3.63, 3.8) is 0 Å². The third-order valence-corrected chi connectivity index (χ3v) is 4.97. The van der Waals surface area contributed by atoms with Crippen LogP contribution in [0.4, 0.5) is 0 Å². The topological polar surface area (TPSA) is 0 Å². The SMILES string of the molecule is C1=CCC2C(C1)C1CC1C1CC21. The van der Waals surface area contributed by atoms with Gasteiger partial charge in [-0.25, -0.2) is 0 Å². The predicted molar refractivity (Wildman–Crippen MR) is 48.5 cm³/mol. The average molecular weight is 160 g/mol. The van der Waals surface area contributed by atoms with E-state index in [1.54, 1.807) is 12.8 Å². The molecule has 4 rings (SSSR count). The Hall–Kier alpha value is -0.260. The minimum absolute atomic E-state index is 1.13. The zero-order chi connectivity index (χ0) is 7.71. The zero-order valence-corrected chi connectivity index (χ0v) is 7.45. The molecule has 4 aliphatic carbocycles. The van der Waals surface area contributed by atoms with Crippen LogP contribution in [0.2, 0.25) is 0 Å². The van der Waals surface area contributed by atoms with E-state index in [2.05, 4.69) is 12.2 Å². The van der Waals surface area contributed by atoms with E-state index in [0.29, 0.717) is 0 Å². The number of rotatable bonds is 0. The van der Waals surface area contributed by atoms with Gasteiger partial charge in [-0.2, -0.15) is 0 Å². The molecule has 0 nitrogen and oxygen atoms in total. The first-order valence-electron chi connectivity index (χ1n) is 5.60. The van der Waals surface area contributed by atoms with Gasteiger partial charge >= 0.3 is 0 Å². The van der Waals surface area contributed by atoms with E-state index < -0.39 is 0 Å². The molecular formula is C12H16. The van der Waals surface area contributed by atoms with E-state index >= 15 is 0 Å². The summed E-state index contributed by atoms with van der Waals surface area (Å²) in [6, 6.07) is 0. The smallest absolute Gasteiger partial charge is 0.0314 e. The Labute approximate surface area is 74.0 Å². The summed E-state index contributed by atoms with van der Waals surface area (Å²) < 4.78 is 0. The number of allylic oxidation sites excluding steroid dienone is 2. The molecule has 0 spiro atoms. The molecular weight excluding hydrogens is 144 g/mol. The maximum Gasteiger partial charge on any atom is -0.0314 e.